The van der Waals surface area contributed by atoms with E-state index in [2.05, 4.69) is 19.9 Å². The molecule has 136 valence electrons. The SMILES string of the molecule is Nc1nc(CN2C(=O)c3ccccc3C2=O)cc(-c2c[nH]c3ncccc23)n1. The first-order valence-corrected chi connectivity index (χ1v) is 8.63. The van der Waals surface area contributed by atoms with Gasteiger partial charge in [0, 0.05) is 23.3 Å². The quantitative estimate of drug-likeness (QED) is 0.535. The van der Waals surface area contributed by atoms with E-state index < -0.39 is 0 Å². The Hall–Kier alpha value is -4.07. The molecule has 2 amide bonds. The highest BCUT2D eigenvalue weighted by Crippen LogP contribution is 2.28. The van der Waals surface area contributed by atoms with Gasteiger partial charge in [0.1, 0.15) is 5.65 Å². The van der Waals surface area contributed by atoms with Gasteiger partial charge in [-0.25, -0.2) is 15.0 Å². The Morgan fingerprint density at radius 2 is 1.71 bits per heavy atom. The monoisotopic (exact) mass is 370 g/mol. The summed E-state index contributed by atoms with van der Waals surface area (Å²) in [7, 11) is 0. The first kappa shape index (κ1) is 16.1. The Morgan fingerprint density at radius 3 is 2.46 bits per heavy atom. The molecule has 0 spiro atoms. The van der Waals surface area contributed by atoms with Crippen molar-refractivity contribution in [2.75, 3.05) is 5.73 Å². The summed E-state index contributed by atoms with van der Waals surface area (Å²) in [5.41, 5.74) is 9.33. The number of H-pyrrole nitrogens is 1. The Labute approximate surface area is 159 Å². The summed E-state index contributed by atoms with van der Waals surface area (Å²) < 4.78 is 0. The third kappa shape index (κ3) is 2.43. The lowest BCUT2D eigenvalue weighted by molar-refractivity contribution is 0.0640. The number of nitrogen functional groups attached to an aromatic ring is 1. The molecule has 0 atom stereocenters. The fraction of sp³-hybridized carbons (Fsp3) is 0.0500. The zero-order chi connectivity index (χ0) is 19.3. The molecule has 1 aromatic carbocycles. The molecule has 5 rings (SSSR count). The van der Waals surface area contributed by atoms with Gasteiger partial charge < -0.3 is 10.7 Å². The molecule has 1 aliphatic rings. The zero-order valence-corrected chi connectivity index (χ0v) is 14.6. The average Bonchev–Trinajstić information content (AvgIpc) is 3.23. The predicted octanol–water partition coefficient (Wildman–Crippen LogP) is 2.40. The lowest BCUT2D eigenvalue weighted by Crippen LogP contribution is -2.29. The molecule has 8 heteroatoms. The van der Waals surface area contributed by atoms with E-state index in [-0.39, 0.29) is 24.3 Å². The van der Waals surface area contributed by atoms with Crippen LogP contribution in [0.1, 0.15) is 26.4 Å². The van der Waals surface area contributed by atoms with E-state index in [0.717, 1.165) is 16.6 Å². The van der Waals surface area contributed by atoms with Crippen LogP contribution >= 0.6 is 0 Å². The van der Waals surface area contributed by atoms with Crippen molar-refractivity contribution in [2.45, 2.75) is 6.54 Å². The summed E-state index contributed by atoms with van der Waals surface area (Å²) in [5, 5.41) is 0.896. The van der Waals surface area contributed by atoms with Crippen molar-refractivity contribution in [1.82, 2.24) is 24.8 Å². The number of hydrogen-bond donors (Lipinski definition) is 2. The van der Waals surface area contributed by atoms with E-state index in [9.17, 15) is 9.59 Å². The Morgan fingerprint density at radius 1 is 0.964 bits per heavy atom. The molecule has 28 heavy (non-hydrogen) atoms. The van der Waals surface area contributed by atoms with Gasteiger partial charge in [0.25, 0.3) is 11.8 Å². The highest BCUT2D eigenvalue weighted by atomic mass is 16.2. The van der Waals surface area contributed by atoms with Crippen LogP contribution in [0.15, 0.2) is 54.9 Å². The number of carbonyl (C=O) groups excluding carboxylic acids is 2. The average molecular weight is 370 g/mol. The van der Waals surface area contributed by atoms with Crippen LogP contribution in [0.2, 0.25) is 0 Å². The lowest BCUT2D eigenvalue weighted by atomic mass is 10.1. The van der Waals surface area contributed by atoms with Crippen LogP contribution < -0.4 is 5.73 Å². The van der Waals surface area contributed by atoms with Gasteiger partial charge in [0.2, 0.25) is 5.95 Å². The van der Waals surface area contributed by atoms with E-state index in [1.165, 1.54) is 4.90 Å². The van der Waals surface area contributed by atoms with Crippen LogP contribution in [0, 0.1) is 0 Å². The van der Waals surface area contributed by atoms with Gasteiger partial charge in [-0.15, -0.1) is 0 Å². The number of nitrogens with two attached hydrogens (primary N) is 1. The number of aromatic nitrogens is 4. The normalized spacial score (nSPS) is 13.4. The molecule has 0 bridgehead atoms. The standard InChI is InChI=1S/C20H14N6O2/c21-20-24-11(10-26-18(27)13-4-1-2-5-14(13)19(26)28)8-16(25-20)15-9-23-17-12(15)6-3-7-22-17/h1-9H,10H2,(H,22,23)(H2,21,24,25). The molecule has 0 fully saturated rings. The second-order valence-electron chi connectivity index (χ2n) is 6.45. The van der Waals surface area contributed by atoms with Crippen LogP contribution in [-0.4, -0.2) is 36.7 Å². The summed E-state index contributed by atoms with van der Waals surface area (Å²) in [6.07, 6.45) is 3.50. The Bertz CT molecular complexity index is 1230. The number of amides is 2. The summed E-state index contributed by atoms with van der Waals surface area (Å²) in [6, 6.07) is 12.3. The molecule has 4 aromatic rings. The third-order valence-corrected chi connectivity index (χ3v) is 4.72. The maximum Gasteiger partial charge on any atom is 0.261 e. The number of fused-ring (bicyclic) bond motifs is 2. The third-order valence-electron chi connectivity index (χ3n) is 4.72. The second kappa shape index (κ2) is 5.98. The van der Waals surface area contributed by atoms with Gasteiger partial charge in [-0.05, 0) is 30.3 Å². The number of nitrogens with one attached hydrogen (secondary N) is 1. The van der Waals surface area contributed by atoms with E-state index in [1.807, 2.05) is 12.1 Å². The topological polar surface area (TPSA) is 118 Å². The van der Waals surface area contributed by atoms with Crippen molar-refractivity contribution in [3.05, 3.63) is 71.7 Å². The summed E-state index contributed by atoms with van der Waals surface area (Å²) in [6.45, 7) is 0.0205. The lowest BCUT2D eigenvalue weighted by Gasteiger charge is -2.14. The van der Waals surface area contributed by atoms with Crippen molar-refractivity contribution in [3.8, 4) is 11.3 Å². The number of pyridine rings is 1. The number of imide groups is 1. The first-order valence-electron chi connectivity index (χ1n) is 8.63. The molecule has 1 aliphatic heterocycles. The highest BCUT2D eigenvalue weighted by Gasteiger charge is 2.35. The number of benzene rings is 1. The second-order valence-corrected chi connectivity index (χ2v) is 6.45. The Balaban J connectivity index is 1.53. The molecular formula is C20H14N6O2. The van der Waals surface area contributed by atoms with Gasteiger partial charge in [0.05, 0.1) is 29.1 Å². The Kier molecular flexibility index (Phi) is 3.45. The molecule has 4 heterocycles. The molecule has 0 unspecified atom stereocenters. The molecule has 3 aromatic heterocycles. The predicted molar refractivity (Wildman–Crippen MR) is 102 cm³/mol. The molecule has 0 saturated carbocycles. The van der Waals surface area contributed by atoms with Crippen molar-refractivity contribution in [2.24, 2.45) is 0 Å². The molecule has 0 aliphatic carbocycles. The summed E-state index contributed by atoms with van der Waals surface area (Å²) in [4.78, 5) is 42.3. The highest BCUT2D eigenvalue weighted by molar-refractivity contribution is 6.21. The van der Waals surface area contributed by atoms with Crippen molar-refractivity contribution < 1.29 is 9.59 Å². The summed E-state index contributed by atoms with van der Waals surface area (Å²) >= 11 is 0. The molecule has 3 N–H and O–H groups in total. The maximum absolute atomic E-state index is 12.6. The van der Waals surface area contributed by atoms with Gasteiger partial charge in [-0.2, -0.15) is 0 Å². The van der Waals surface area contributed by atoms with Crippen LogP contribution in [0.4, 0.5) is 5.95 Å². The van der Waals surface area contributed by atoms with Crippen molar-refractivity contribution in [3.63, 3.8) is 0 Å². The van der Waals surface area contributed by atoms with Gasteiger partial charge in [0.15, 0.2) is 0 Å². The largest absolute Gasteiger partial charge is 0.368 e. The van der Waals surface area contributed by atoms with E-state index in [4.69, 9.17) is 5.73 Å². The van der Waals surface area contributed by atoms with Gasteiger partial charge in [-0.3, -0.25) is 14.5 Å². The number of nitrogens with zero attached hydrogens (tertiary/aromatic N) is 4. The van der Waals surface area contributed by atoms with E-state index in [0.29, 0.717) is 22.5 Å². The molecule has 8 nitrogen and oxygen atoms in total. The maximum atomic E-state index is 12.6. The van der Waals surface area contributed by atoms with Crippen LogP contribution in [0.3, 0.4) is 0 Å². The van der Waals surface area contributed by atoms with Crippen LogP contribution in [0.5, 0.6) is 0 Å². The number of anilines is 1. The minimum atomic E-state index is -0.337. The fourth-order valence-electron chi connectivity index (χ4n) is 3.45. The van der Waals surface area contributed by atoms with Crippen molar-refractivity contribution >= 4 is 28.8 Å². The van der Waals surface area contributed by atoms with Crippen molar-refractivity contribution in [1.29, 1.82) is 0 Å². The van der Waals surface area contributed by atoms with E-state index in [1.54, 1.807) is 42.7 Å². The number of rotatable bonds is 3. The van der Waals surface area contributed by atoms with Crippen LogP contribution in [-0.2, 0) is 6.54 Å². The van der Waals surface area contributed by atoms with E-state index >= 15 is 0 Å². The molecular weight excluding hydrogens is 356 g/mol. The fourth-order valence-corrected chi connectivity index (χ4v) is 3.45. The number of aromatic amines is 1. The molecule has 0 saturated heterocycles. The minimum Gasteiger partial charge on any atom is -0.368 e. The van der Waals surface area contributed by atoms with Gasteiger partial charge in [-0.1, -0.05) is 12.1 Å². The molecule has 0 radical (unpaired) electrons. The zero-order valence-electron chi connectivity index (χ0n) is 14.6. The number of carbonyl (C=O) groups is 2. The smallest absolute Gasteiger partial charge is 0.261 e. The minimum absolute atomic E-state index is 0.0205. The summed E-state index contributed by atoms with van der Waals surface area (Å²) in [5.74, 6) is -0.603. The van der Waals surface area contributed by atoms with Crippen LogP contribution in [0.25, 0.3) is 22.3 Å². The number of hydrogen-bond acceptors (Lipinski definition) is 6. The van der Waals surface area contributed by atoms with Gasteiger partial charge >= 0.3 is 0 Å². The first-order chi connectivity index (χ1) is 13.6.